The highest BCUT2D eigenvalue weighted by molar-refractivity contribution is 6.07. The topological polar surface area (TPSA) is 69.0 Å². The summed E-state index contributed by atoms with van der Waals surface area (Å²) in [6.45, 7) is 1.92. The zero-order valence-corrected chi connectivity index (χ0v) is 18.5. The van der Waals surface area contributed by atoms with Crippen molar-refractivity contribution in [1.29, 1.82) is 0 Å². The van der Waals surface area contributed by atoms with Gasteiger partial charge in [-0.15, -0.1) is 0 Å². The van der Waals surface area contributed by atoms with Gasteiger partial charge in [-0.2, -0.15) is 5.10 Å². The molecule has 1 atom stereocenters. The van der Waals surface area contributed by atoms with E-state index in [0.29, 0.717) is 17.1 Å². The van der Waals surface area contributed by atoms with Gasteiger partial charge >= 0.3 is 0 Å². The van der Waals surface area contributed by atoms with Crippen molar-refractivity contribution in [3.63, 3.8) is 0 Å². The summed E-state index contributed by atoms with van der Waals surface area (Å²) in [6.07, 6.45) is 2.23. The lowest BCUT2D eigenvalue weighted by atomic mass is 10.0. The summed E-state index contributed by atoms with van der Waals surface area (Å²) in [5.74, 6) is 1.16. The number of fused-ring (bicyclic) bond motifs is 1. The highest BCUT2D eigenvalue weighted by Gasteiger charge is 2.34. The van der Waals surface area contributed by atoms with Crippen LogP contribution in [0.2, 0.25) is 0 Å². The quantitative estimate of drug-likeness (QED) is 0.479. The molecule has 162 valence electrons. The van der Waals surface area contributed by atoms with Crippen LogP contribution in [0.4, 0.5) is 0 Å². The molecule has 1 aliphatic carbocycles. The van der Waals surface area contributed by atoms with Crippen molar-refractivity contribution in [2.75, 3.05) is 7.11 Å². The number of amides is 1. The molecule has 2 aromatic heterocycles. The lowest BCUT2D eigenvalue weighted by molar-refractivity contribution is 0.0933. The lowest BCUT2D eigenvalue weighted by Gasteiger charge is -2.20. The maximum atomic E-state index is 13.6. The molecular weight excluding hydrogens is 400 g/mol. The summed E-state index contributed by atoms with van der Waals surface area (Å²) in [7, 11) is 3.52. The van der Waals surface area contributed by atoms with Crippen LogP contribution in [0.1, 0.15) is 40.5 Å². The number of nitrogens with zero attached hydrogens (tertiary/aromatic N) is 3. The molecule has 0 radical (unpaired) electrons. The number of rotatable bonds is 6. The molecule has 4 aromatic rings. The summed E-state index contributed by atoms with van der Waals surface area (Å²) < 4.78 is 7.04. The van der Waals surface area contributed by atoms with Crippen molar-refractivity contribution in [2.45, 2.75) is 25.8 Å². The third-order valence-corrected chi connectivity index (χ3v) is 6.14. The number of benzene rings is 2. The minimum absolute atomic E-state index is 0.0335. The van der Waals surface area contributed by atoms with Gasteiger partial charge in [-0.05, 0) is 49.4 Å². The van der Waals surface area contributed by atoms with E-state index >= 15 is 0 Å². The van der Waals surface area contributed by atoms with Crippen LogP contribution in [0.15, 0.2) is 60.7 Å². The van der Waals surface area contributed by atoms with Crippen molar-refractivity contribution >= 4 is 16.9 Å². The average molecular weight is 427 g/mol. The molecule has 1 unspecified atom stereocenters. The number of pyridine rings is 1. The predicted octanol–water partition coefficient (Wildman–Crippen LogP) is 4.83. The lowest BCUT2D eigenvalue weighted by Crippen LogP contribution is -2.30. The number of nitrogens with one attached hydrogen (secondary N) is 1. The summed E-state index contributed by atoms with van der Waals surface area (Å²) >= 11 is 0. The molecule has 0 aliphatic heterocycles. The minimum Gasteiger partial charge on any atom is -0.497 e. The number of methoxy groups -OCH3 is 1. The molecule has 0 spiro atoms. The summed E-state index contributed by atoms with van der Waals surface area (Å²) in [6, 6.07) is 19.7. The molecule has 2 aromatic carbocycles. The van der Waals surface area contributed by atoms with Gasteiger partial charge in [0.25, 0.3) is 5.91 Å². The van der Waals surface area contributed by atoms with E-state index in [9.17, 15) is 4.79 Å². The van der Waals surface area contributed by atoms with Crippen LogP contribution in [-0.2, 0) is 7.05 Å². The Bertz CT molecular complexity index is 1270. The van der Waals surface area contributed by atoms with E-state index in [4.69, 9.17) is 9.72 Å². The molecule has 1 fully saturated rings. The molecule has 0 saturated heterocycles. The van der Waals surface area contributed by atoms with Gasteiger partial charge in [0.05, 0.1) is 35.5 Å². The van der Waals surface area contributed by atoms with Gasteiger partial charge in [0.15, 0.2) is 5.65 Å². The van der Waals surface area contributed by atoms with Gasteiger partial charge in [-0.1, -0.05) is 42.5 Å². The molecule has 5 rings (SSSR count). The third-order valence-electron chi connectivity index (χ3n) is 6.14. The number of aryl methyl sites for hydroxylation is 2. The SMILES string of the molecule is COc1ccc(C(NC(=O)c2cc(-c3ccccc3)nc3c2c(C)nn3C)C2CC2)cc1. The number of aromatic nitrogens is 3. The molecule has 32 heavy (non-hydrogen) atoms. The van der Waals surface area contributed by atoms with Gasteiger partial charge in [-0.25, -0.2) is 4.98 Å². The summed E-state index contributed by atoms with van der Waals surface area (Å²) in [5.41, 5.74) is 4.94. The van der Waals surface area contributed by atoms with E-state index in [0.717, 1.165) is 46.5 Å². The highest BCUT2D eigenvalue weighted by Crippen LogP contribution is 2.41. The number of hydrogen-bond donors (Lipinski definition) is 1. The van der Waals surface area contributed by atoms with Gasteiger partial charge in [0.2, 0.25) is 0 Å². The Hall–Kier alpha value is -3.67. The van der Waals surface area contributed by atoms with E-state index in [2.05, 4.69) is 10.4 Å². The van der Waals surface area contributed by atoms with Crippen molar-refractivity contribution in [1.82, 2.24) is 20.1 Å². The van der Waals surface area contributed by atoms with Crippen molar-refractivity contribution in [3.8, 4) is 17.0 Å². The number of carbonyl (C=O) groups excluding carboxylic acids is 1. The van der Waals surface area contributed by atoms with Crippen LogP contribution in [-0.4, -0.2) is 27.8 Å². The second-order valence-corrected chi connectivity index (χ2v) is 8.39. The highest BCUT2D eigenvalue weighted by atomic mass is 16.5. The summed E-state index contributed by atoms with van der Waals surface area (Å²) in [5, 5.41) is 8.64. The molecule has 0 bridgehead atoms. The van der Waals surface area contributed by atoms with E-state index in [1.165, 1.54) is 0 Å². The Kier molecular flexibility index (Phi) is 5.13. The second kappa shape index (κ2) is 8.11. The van der Waals surface area contributed by atoms with Crippen molar-refractivity contribution in [3.05, 3.63) is 77.5 Å². The van der Waals surface area contributed by atoms with Gasteiger partial charge in [-0.3, -0.25) is 9.48 Å². The smallest absolute Gasteiger partial charge is 0.252 e. The largest absolute Gasteiger partial charge is 0.497 e. The first-order chi connectivity index (χ1) is 15.5. The van der Waals surface area contributed by atoms with Gasteiger partial charge in [0.1, 0.15) is 5.75 Å². The molecule has 6 heteroatoms. The fourth-order valence-corrected chi connectivity index (χ4v) is 4.31. The maximum Gasteiger partial charge on any atom is 0.252 e. The molecule has 2 heterocycles. The number of ether oxygens (including phenoxy) is 1. The first kappa shape index (κ1) is 20.2. The molecule has 1 N–H and O–H groups in total. The zero-order chi connectivity index (χ0) is 22.2. The van der Waals surface area contributed by atoms with Crippen LogP contribution in [0.3, 0.4) is 0 Å². The van der Waals surface area contributed by atoms with Crippen LogP contribution in [0.5, 0.6) is 5.75 Å². The van der Waals surface area contributed by atoms with Crippen LogP contribution < -0.4 is 10.1 Å². The molecule has 1 amide bonds. The maximum absolute atomic E-state index is 13.6. The summed E-state index contributed by atoms with van der Waals surface area (Å²) in [4.78, 5) is 18.5. The molecule has 6 nitrogen and oxygen atoms in total. The van der Waals surface area contributed by atoms with Gasteiger partial charge < -0.3 is 10.1 Å². The normalized spacial score (nSPS) is 14.3. The van der Waals surface area contributed by atoms with Crippen LogP contribution >= 0.6 is 0 Å². The van der Waals surface area contributed by atoms with Gasteiger partial charge in [0, 0.05) is 12.6 Å². The average Bonchev–Trinajstić information content (AvgIpc) is 3.63. The van der Waals surface area contributed by atoms with Crippen molar-refractivity contribution < 1.29 is 9.53 Å². The van der Waals surface area contributed by atoms with E-state index in [1.54, 1.807) is 11.8 Å². The fraction of sp³-hybridized carbons (Fsp3) is 0.269. The second-order valence-electron chi connectivity index (χ2n) is 8.39. The standard InChI is InChI=1S/C26H26N4O2/c1-16-23-21(15-22(17-7-5-4-6-8-17)27-25(23)30(2)29-16)26(31)28-24(18-9-10-18)19-11-13-20(32-3)14-12-19/h4-8,11-15,18,24H,9-10H2,1-3H3,(H,28,31). The number of hydrogen-bond acceptors (Lipinski definition) is 4. The van der Waals surface area contributed by atoms with Crippen LogP contribution in [0, 0.1) is 12.8 Å². The first-order valence-electron chi connectivity index (χ1n) is 10.9. The van der Waals surface area contributed by atoms with Crippen LogP contribution in [0.25, 0.3) is 22.3 Å². The minimum atomic E-state index is -0.0987. The van der Waals surface area contributed by atoms with E-state index < -0.39 is 0 Å². The van der Waals surface area contributed by atoms with Crippen molar-refractivity contribution in [2.24, 2.45) is 13.0 Å². The Morgan fingerprint density at radius 3 is 2.50 bits per heavy atom. The van der Waals surface area contributed by atoms with E-state index in [-0.39, 0.29) is 11.9 Å². The first-order valence-corrected chi connectivity index (χ1v) is 10.9. The molecular formula is C26H26N4O2. The Labute approximate surface area is 187 Å². The Balaban J connectivity index is 1.55. The number of carbonyl (C=O) groups is 1. The van der Waals surface area contributed by atoms with E-state index in [1.807, 2.05) is 74.6 Å². The Morgan fingerprint density at radius 2 is 1.84 bits per heavy atom. The monoisotopic (exact) mass is 426 g/mol. The fourth-order valence-electron chi connectivity index (χ4n) is 4.31. The third kappa shape index (κ3) is 3.73. The predicted molar refractivity (Wildman–Crippen MR) is 125 cm³/mol. The molecule has 1 saturated carbocycles. The molecule has 1 aliphatic rings. The Morgan fingerprint density at radius 1 is 1.12 bits per heavy atom. The zero-order valence-electron chi connectivity index (χ0n) is 18.5.